The molecule has 10 heteroatoms. The first kappa shape index (κ1) is 24.3. The van der Waals surface area contributed by atoms with E-state index in [4.69, 9.17) is 27.5 Å². The summed E-state index contributed by atoms with van der Waals surface area (Å²) in [4.78, 5) is 18.5. The van der Waals surface area contributed by atoms with Crippen LogP contribution in [0.15, 0.2) is 18.2 Å². The van der Waals surface area contributed by atoms with Crippen LogP contribution >= 0.6 is 36.4 Å². The highest BCUT2D eigenvalue weighted by atomic mass is 35.5. The number of hydrogen-bond donors (Lipinski definition) is 3. The Morgan fingerprint density at radius 2 is 1.96 bits per heavy atom. The van der Waals surface area contributed by atoms with Crippen molar-refractivity contribution in [1.82, 2.24) is 14.8 Å². The molecule has 2 rings (SSSR count). The Morgan fingerprint density at radius 1 is 1.31 bits per heavy atom. The van der Waals surface area contributed by atoms with Gasteiger partial charge >= 0.3 is 0 Å². The number of amides is 1. The van der Waals surface area contributed by atoms with Crippen LogP contribution in [0.25, 0.3) is 10.9 Å². The summed E-state index contributed by atoms with van der Waals surface area (Å²) in [7, 11) is 5.46. The molecule has 146 valence electrons. The first-order chi connectivity index (χ1) is 11.3. The van der Waals surface area contributed by atoms with Gasteiger partial charge in [-0.3, -0.25) is 15.1 Å². The fraction of sp³-hybridized carbons (Fsp3) is 0.375. The van der Waals surface area contributed by atoms with E-state index in [-0.39, 0.29) is 30.8 Å². The fourth-order valence-corrected chi connectivity index (χ4v) is 2.46. The van der Waals surface area contributed by atoms with Gasteiger partial charge in [-0.25, -0.2) is 0 Å². The third-order valence-corrected chi connectivity index (χ3v) is 3.94. The maximum Gasteiger partial charge on any atom is 0.276 e. The van der Waals surface area contributed by atoms with Crippen molar-refractivity contribution < 1.29 is 9.53 Å². The van der Waals surface area contributed by atoms with Crippen molar-refractivity contribution in [1.29, 1.82) is 5.41 Å². The van der Waals surface area contributed by atoms with Crippen LogP contribution in [0.3, 0.4) is 0 Å². The lowest BCUT2D eigenvalue weighted by Crippen LogP contribution is -2.38. The number of nitrogens with two attached hydrogens (primary N) is 1. The van der Waals surface area contributed by atoms with E-state index in [0.29, 0.717) is 34.0 Å². The first-order valence-electron chi connectivity index (χ1n) is 7.52. The van der Waals surface area contributed by atoms with E-state index in [9.17, 15) is 4.79 Å². The smallest absolute Gasteiger partial charge is 0.276 e. The van der Waals surface area contributed by atoms with Crippen LogP contribution in [0.2, 0.25) is 5.02 Å². The summed E-state index contributed by atoms with van der Waals surface area (Å²) in [6.07, 6.45) is 0.886. The van der Waals surface area contributed by atoms with Crippen LogP contribution in [0.1, 0.15) is 16.9 Å². The second-order valence-electron chi connectivity index (χ2n) is 5.77. The van der Waals surface area contributed by atoms with Crippen LogP contribution in [0.5, 0.6) is 5.75 Å². The van der Waals surface area contributed by atoms with Gasteiger partial charge in [-0.2, -0.15) is 0 Å². The minimum atomic E-state index is -0.409. The van der Waals surface area contributed by atoms with Gasteiger partial charge in [0.2, 0.25) is 0 Å². The molecule has 26 heavy (non-hydrogen) atoms. The van der Waals surface area contributed by atoms with E-state index in [0.717, 1.165) is 17.9 Å². The molecule has 2 aromatic rings. The molecule has 1 heterocycles. The van der Waals surface area contributed by atoms with Gasteiger partial charge < -0.3 is 20.4 Å². The second kappa shape index (κ2) is 10.5. The van der Waals surface area contributed by atoms with E-state index in [1.165, 1.54) is 7.05 Å². The molecule has 0 atom stereocenters. The maximum absolute atomic E-state index is 12.3. The predicted molar refractivity (Wildman–Crippen MR) is 110 cm³/mol. The number of H-pyrrole nitrogens is 1. The number of halogens is 3. The molecule has 0 aliphatic carbocycles. The lowest BCUT2D eigenvalue weighted by atomic mass is 10.2. The van der Waals surface area contributed by atoms with Gasteiger partial charge in [0.25, 0.3) is 5.91 Å². The highest BCUT2D eigenvalue weighted by molar-refractivity contribution is 6.35. The summed E-state index contributed by atoms with van der Waals surface area (Å²) in [5.74, 6) is -0.101. The zero-order valence-corrected chi connectivity index (χ0v) is 17.2. The van der Waals surface area contributed by atoms with Crippen molar-refractivity contribution in [3.63, 3.8) is 0 Å². The number of carbonyl (C=O) groups excluding carboxylic acids is 1. The monoisotopic (exact) mass is 423 g/mol. The van der Waals surface area contributed by atoms with Crippen molar-refractivity contribution in [2.75, 3.05) is 34.3 Å². The molecule has 1 aromatic carbocycles. The van der Waals surface area contributed by atoms with Crippen LogP contribution in [0.4, 0.5) is 0 Å². The number of aromatic nitrogens is 1. The molecule has 0 bridgehead atoms. The normalized spacial score (nSPS) is 10.2. The summed E-state index contributed by atoms with van der Waals surface area (Å²) < 4.78 is 5.82. The van der Waals surface area contributed by atoms with Gasteiger partial charge in [0.05, 0.1) is 17.1 Å². The Labute approximate surface area is 170 Å². The average Bonchev–Trinajstić information content (AvgIpc) is 2.97. The molecule has 0 saturated heterocycles. The number of hydrogen-bond acceptors (Lipinski definition) is 4. The highest BCUT2D eigenvalue weighted by Crippen LogP contribution is 2.32. The minimum absolute atomic E-state index is 0. The number of carbonyl (C=O) groups is 1. The van der Waals surface area contributed by atoms with Gasteiger partial charge in [-0.15, -0.1) is 24.8 Å². The van der Waals surface area contributed by atoms with Crippen molar-refractivity contribution >= 4 is 59.2 Å². The average molecular weight is 425 g/mol. The molecule has 0 saturated carbocycles. The van der Waals surface area contributed by atoms with Gasteiger partial charge in [0.15, 0.2) is 5.96 Å². The molecule has 0 aliphatic heterocycles. The largest absolute Gasteiger partial charge is 0.491 e. The van der Waals surface area contributed by atoms with Crippen molar-refractivity contribution in [2.24, 2.45) is 5.73 Å². The van der Waals surface area contributed by atoms with Crippen LogP contribution in [0, 0.1) is 5.41 Å². The SMILES string of the molecule is CN(C)CCCOc1ccc(Cl)c2cc(C(=O)N(C)C(=N)N)[nH]c12.Cl.Cl. The topological polar surface area (TPSA) is 98.4 Å². The zero-order chi connectivity index (χ0) is 17.9. The Kier molecular flexibility index (Phi) is 9.80. The van der Waals surface area contributed by atoms with Crippen LogP contribution in [-0.4, -0.2) is 60.9 Å². The van der Waals surface area contributed by atoms with Gasteiger partial charge in [-0.1, -0.05) is 11.6 Å². The number of nitrogens with zero attached hydrogens (tertiary/aromatic N) is 2. The van der Waals surface area contributed by atoms with Gasteiger partial charge in [0, 0.05) is 19.0 Å². The van der Waals surface area contributed by atoms with E-state index in [1.807, 2.05) is 14.1 Å². The predicted octanol–water partition coefficient (Wildman–Crippen LogP) is 2.96. The molecule has 1 aromatic heterocycles. The molecule has 0 radical (unpaired) electrons. The molecular weight excluding hydrogens is 401 g/mol. The summed E-state index contributed by atoms with van der Waals surface area (Å²) >= 11 is 6.22. The van der Waals surface area contributed by atoms with E-state index >= 15 is 0 Å². The molecule has 0 unspecified atom stereocenters. The molecule has 1 amide bonds. The molecule has 0 aliphatic rings. The van der Waals surface area contributed by atoms with Crippen molar-refractivity contribution in [3.05, 3.63) is 28.9 Å². The van der Waals surface area contributed by atoms with E-state index in [2.05, 4.69) is 9.88 Å². The Balaban J connectivity index is 0.00000312. The standard InChI is InChI=1S/C16H22ClN5O2.2ClH/c1-21(2)7-4-8-24-13-6-5-11(17)10-9-12(20-14(10)13)15(23)22(3)16(18)19;;/h5-6,9,20H,4,7-8H2,1-3H3,(H3,18,19);2*1H. The third-order valence-electron chi connectivity index (χ3n) is 3.61. The Morgan fingerprint density at radius 3 is 2.54 bits per heavy atom. The number of benzene rings is 1. The molecule has 4 N–H and O–H groups in total. The number of nitrogens with one attached hydrogen (secondary N) is 2. The maximum atomic E-state index is 12.3. The number of aromatic amines is 1. The Bertz CT molecular complexity index is 764. The number of ether oxygens (including phenoxy) is 1. The van der Waals surface area contributed by atoms with Crippen molar-refractivity contribution in [3.8, 4) is 5.75 Å². The molecule has 0 fully saturated rings. The first-order valence-corrected chi connectivity index (χ1v) is 7.90. The second-order valence-corrected chi connectivity index (χ2v) is 6.18. The molecule has 7 nitrogen and oxygen atoms in total. The summed E-state index contributed by atoms with van der Waals surface area (Å²) in [5, 5.41) is 8.58. The number of fused-ring (bicyclic) bond motifs is 1. The number of guanidine groups is 1. The molecule has 0 spiro atoms. The fourth-order valence-electron chi connectivity index (χ4n) is 2.25. The van der Waals surface area contributed by atoms with Gasteiger partial charge in [-0.05, 0) is 38.7 Å². The van der Waals surface area contributed by atoms with E-state index < -0.39 is 5.91 Å². The van der Waals surface area contributed by atoms with E-state index in [1.54, 1.807) is 18.2 Å². The van der Waals surface area contributed by atoms with Gasteiger partial charge in [0.1, 0.15) is 11.4 Å². The summed E-state index contributed by atoms with van der Waals surface area (Å²) in [5.41, 5.74) is 6.31. The lowest BCUT2D eigenvalue weighted by Gasteiger charge is -2.13. The minimum Gasteiger partial charge on any atom is -0.491 e. The highest BCUT2D eigenvalue weighted by Gasteiger charge is 2.19. The summed E-state index contributed by atoms with van der Waals surface area (Å²) in [6.45, 7) is 1.49. The lowest BCUT2D eigenvalue weighted by molar-refractivity contribution is 0.0864. The quantitative estimate of drug-likeness (QED) is 0.377. The molecular formula is C16H24Cl3N5O2. The Hall–Kier alpha value is -1.67. The summed E-state index contributed by atoms with van der Waals surface area (Å²) in [6, 6.07) is 5.16. The van der Waals surface area contributed by atoms with Crippen LogP contribution in [-0.2, 0) is 0 Å². The zero-order valence-electron chi connectivity index (χ0n) is 14.8. The van der Waals surface area contributed by atoms with Crippen molar-refractivity contribution in [2.45, 2.75) is 6.42 Å². The third kappa shape index (κ3) is 5.67. The number of rotatable bonds is 6. The van der Waals surface area contributed by atoms with Crippen LogP contribution < -0.4 is 10.5 Å².